The van der Waals surface area contributed by atoms with Gasteiger partial charge in [0.15, 0.2) is 0 Å². The van der Waals surface area contributed by atoms with Gasteiger partial charge in [0.25, 0.3) is 5.56 Å². The Kier molecular flexibility index (Phi) is 6.02. The van der Waals surface area contributed by atoms with Crippen LogP contribution in [0.4, 0.5) is 5.69 Å². The second kappa shape index (κ2) is 7.81. The van der Waals surface area contributed by atoms with Crippen molar-refractivity contribution < 1.29 is 5.11 Å². The first-order chi connectivity index (χ1) is 11.3. The van der Waals surface area contributed by atoms with Crippen molar-refractivity contribution in [3.05, 3.63) is 51.9 Å². The highest BCUT2D eigenvalue weighted by Crippen LogP contribution is 2.20. The SMILES string of the molecule is CC(C)CCC(C)(O)CNc1cnn(-c2ccccc2)c(=O)c1Cl. The monoisotopic (exact) mass is 349 g/mol. The molecule has 0 aliphatic rings. The Hall–Kier alpha value is -1.85. The number of halogens is 1. The molecule has 1 aromatic heterocycles. The van der Waals surface area contributed by atoms with Crippen molar-refractivity contribution >= 4 is 17.3 Å². The lowest BCUT2D eigenvalue weighted by molar-refractivity contribution is 0.0586. The molecule has 1 heterocycles. The van der Waals surface area contributed by atoms with Crippen LogP contribution in [-0.4, -0.2) is 27.0 Å². The highest BCUT2D eigenvalue weighted by molar-refractivity contribution is 6.32. The smallest absolute Gasteiger partial charge is 0.292 e. The Balaban J connectivity index is 2.13. The minimum atomic E-state index is -0.873. The Labute approximate surface area is 147 Å². The normalized spacial score (nSPS) is 13.8. The molecule has 0 bridgehead atoms. The third-order valence-corrected chi connectivity index (χ3v) is 4.20. The molecule has 5 nitrogen and oxygen atoms in total. The second-order valence-corrected chi connectivity index (χ2v) is 7.09. The second-order valence-electron chi connectivity index (χ2n) is 6.71. The van der Waals surface area contributed by atoms with E-state index in [2.05, 4.69) is 24.3 Å². The molecule has 1 aromatic carbocycles. The van der Waals surface area contributed by atoms with E-state index in [1.54, 1.807) is 19.1 Å². The first kappa shape index (κ1) is 18.5. The van der Waals surface area contributed by atoms with Gasteiger partial charge in [-0.25, -0.2) is 0 Å². The molecule has 2 rings (SSSR count). The minimum Gasteiger partial charge on any atom is -0.388 e. The van der Waals surface area contributed by atoms with Gasteiger partial charge >= 0.3 is 0 Å². The highest BCUT2D eigenvalue weighted by Gasteiger charge is 2.21. The van der Waals surface area contributed by atoms with Crippen LogP contribution in [0.15, 0.2) is 41.3 Å². The number of aromatic nitrogens is 2. The molecule has 0 amide bonds. The predicted octanol–water partition coefficient (Wildman–Crippen LogP) is 3.49. The van der Waals surface area contributed by atoms with Gasteiger partial charge in [0.05, 0.1) is 23.2 Å². The van der Waals surface area contributed by atoms with Crippen LogP contribution in [0.2, 0.25) is 5.02 Å². The molecule has 2 N–H and O–H groups in total. The first-order valence-electron chi connectivity index (χ1n) is 8.10. The van der Waals surface area contributed by atoms with Gasteiger partial charge in [0, 0.05) is 6.54 Å². The van der Waals surface area contributed by atoms with Gasteiger partial charge in [0.2, 0.25) is 0 Å². The van der Waals surface area contributed by atoms with Crippen LogP contribution >= 0.6 is 11.6 Å². The Morgan fingerprint density at radius 1 is 1.33 bits per heavy atom. The molecule has 24 heavy (non-hydrogen) atoms. The zero-order chi connectivity index (χ0) is 17.7. The van der Waals surface area contributed by atoms with Crippen molar-refractivity contribution in [2.45, 2.75) is 39.2 Å². The summed E-state index contributed by atoms with van der Waals surface area (Å²) in [6.45, 7) is 6.31. The average Bonchev–Trinajstić information content (AvgIpc) is 2.55. The third-order valence-electron chi connectivity index (χ3n) is 3.84. The number of rotatable bonds is 7. The molecule has 0 aliphatic heterocycles. The van der Waals surface area contributed by atoms with E-state index in [0.717, 1.165) is 6.42 Å². The first-order valence-corrected chi connectivity index (χ1v) is 8.47. The molecule has 1 atom stereocenters. The summed E-state index contributed by atoms with van der Waals surface area (Å²) in [4.78, 5) is 12.4. The van der Waals surface area contributed by atoms with E-state index in [0.29, 0.717) is 30.3 Å². The lowest BCUT2D eigenvalue weighted by Gasteiger charge is -2.25. The van der Waals surface area contributed by atoms with E-state index in [1.165, 1.54) is 10.9 Å². The quantitative estimate of drug-likeness (QED) is 0.803. The summed E-state index contributed by atoms with van der Waals surface area (Å²) in [6, 6.07) is 9.10. The molecule has 0 spiro atoms. The van der Waals surface area contributed by atoms with Crippen LogP contribution in [0.5, 0.6) is 0 Å². The van der Waals surface area contributed by atoms with Crippen LogP contribution in [-0.2, 0) is 0 Å². The number of nitrogens with zero attached hydrogens (tertiary/aromatic N) is 2. The van der Waals surface area contributed by atoms with Gasteiger partial charge in [-0.15, -0.1) is 0 Å². The summed E-state index contributed by atoms with van der Waals surface area (Å²) >= 11 is 6.19. The number of aliphatic hydroxyl groups is 1. The average molecular weight is 350 g/mol. The van der Waals surface area contributed by atoms with Crippen molar-refractivity contribution in [1.29, 1.82) is 0 Å². The molecule has 0 radical (unpaired) electrons. The number of benzene rings is 1. The Morgan fingerprint density at radius 2 is 2.00 bits per heavy atom. The molecule has 0 fully saturated rings. The summed E-state index contributed by atoms with van der Waals surface area (Å²) in [5.41, 5.74) is -0.185. The van der Waals surface area contributed by atoms with Crippen molar-refractivity contribution in [2.24, 2.45) is 5.92 Å². The number of anilines is 1. The van der Waals surface area contributed by atoms with E-state index in [-0.39, 0.29) is 5.02 Å². The van der Waals surface area contributed by atoms with Gasteiger partial charge in [-0.05, 0) is 37.8 Å². The Bertz CT molecular complexity index is 727. The zero-order valence-corrected chi connectivity index (χ0v) is 15.0. The van der Waals surface area contributed by atoms with Crippen LogP contribution < -0.4 is 10.9 Å². The van der Waals surface area contributed by atoms with Crippen molar-refractivity contribution in [3.63, 3.8) is 0 Å². The number of nitrogens with one attached hydrogen (secondary N) is 1. The van der Waals surface area contributed by atoms with Gasteiger partial charge in [-0.3, -0.25) is 4.79 Å². The fourth-order valence-electron chi connectivity index (χ4n) is 2.28. The predicted molar refractivity (Wildman–Crippen MR) is 98.0 cm³/mol. The molecule has 1 unspecified atom stereocenters. The minimum absolute atomic E-state index is 0.0634. The third kappa shape index (κ3) is 4.82. The maximum Gasteiger partial charge on any atom is 0.292 e. The molecular weight excluding hydrogens is 326 g/mol. The fraction of sp³-hybridized carbons (Fsp3) is 0.444. The largest absolute Gasteiger partial charge is 0.388 e. The van der Waals surface area contributed by atoms with E-state index >= 15 is 0 Å². The Morgan fingerprint density at radius 3 is 2.62 bits per heavy atom. The highest BCUT2D eigenvalue weighted by atomic mass is 35.5. The van der Waals surface area contributed by atoms with Gasteiger partial charge in [-0.1, -0.05) is 43.6 Å². The molecule has 130 valence electrons. The molecule has 2 aromatic rings. The molecule has 6 heteroatoms. The van der Waals surface area contributed by atoms with E-state index < -0.39 is 11.2 Å². The molecule has 0 aliphatic carbocycles. The van der Waals surface area contributed by atoms with Crippen LogP contribution in [0, 0.1) is 5.92 Å². The van der Waals surface area contributed by atoms with Gasteiger partial charge in [0.1, 0.15) is 5.02 Å². The summed E-state index contributed by atoms with van der Waals surface area (Å²) in [6.07, 6.45) is 3.11. The fourth-order valence-corrected chi connectivity index (χ4v) is 2.48. The summed E-state index contributed by atoms with van der Waals surface area (Å²) in [5.74, 6) is 0.525. The molecule has 0 saturated carbocycles. The van der Waals surface area contributed by atoms with E-state index in [9.17, 15) is 9.90 Å². The maximum absolute atomic E-state index is 12.4. The van der Waals surface area contributed by atoms with E-state index in [1.807, 2.05) is 18.2 Å². The van der Waals surface area contributed by atoms with Crippen LogP contribution in [0.1, 0.15) is 33.6 Å². The summed E-state index contributed by atoms with van der Waals surface area (Å²) in [7, 11) is 0. The lowest BCUT2D eigenvalue weighted by Crippen LogP contribution is -2.34. The van der Waals surface area contributed by atoms with Gasteiger partial charge in [-0.2, -0.15) is 9.78 Å². The van der Waals surface area contributed by atoms with Crippen LogP contribution in [0.3, 0.4) is 0 Å². The molecule has 0 saturated heterocycles. The lowest BCUT2D eigenvalue weighted by atomic mass is 9.95. The van der Waals surface area contributed by atoms with E-state index in [4.69, 9.17) is 11.6 Å². The number of hydrogen-bond acceptors (Lipinski definition) is 4. The van der Waals surface area contributed by atoms with Crippen molar-refractivity contribution in [2.75, 3.05) is 11.9 Å². The standard InChI is InChI=1S/C18H24ClN3O2/c1-13(2)9-10-18(3,24)12-20-15-11-21-22(17(23)16(15)19)14-7-5-4-6-8-14/h4-8,11,13,20,24H,9-10,12H2,1-3H3. The number of hydrogen-bond donors (Lipinski definition) is 2. The summed E-state index contributed by atoms with van der Waals surface area (Å²) in [5, 5.41) is 17.7. The summed E-state index contributed by atoms with van der Waals surface area (Å²) < 4.78 is 1.25. The van der Waals surface area contributed by atoms with Crippen LogP contribution in [0.25, 0.3) is 5.69 Å². The molecular formula is C18H24ClN3O2. The van der Waals surface area contributed by atoms with Gasteiger partial charge < -0.3 is 10.4 Å². The van der Waals surface area contributed by atoms with Crippen molar-refractivity contribution in [3.8, 4) is 5.69 Å². The maximum atomic E-state index is 12.4. The van der Waals surface area contributed by atoms with Crippen molar-refractivity contribution in [1.82, 2.24) is 9.78 Å². The number of para-hydroxylation sites is 1. The zero-order valence-electron chi connectivity index (χ0n) is 14.3. The topological polar surface area (TPSA) is 67.2 Å².